The van der Waals surface area contributed by atoms with Crippen LogP contribution in [0.3, 0.4) is 0 Å². The first-order chi connectivity index (χ1) is 14.0. The van der Waals surface area contributed by atoms with Crippen molar-refractivity contribution in [3.8, 4) is 5.75 Å². The summed E-state index contributed by atoms with van der Waals surface area (Å²) in [5.74, 6) is -0.411. The SMILES string of the molecule is COc1ccc2oc(=Nc3cccc4ccccc34)c(C(=O)NC(C)=O)cc2c1. The Morgan fingerprint density at radius 3 is 2.55 bits per heavy atom. The summed E-state index contributed by atoms with van der Waals surface area (Å²) >= 11 is 0. The average Bonchev–Trinajstić information content (AvgIpc) is 2.72. The number of rotatable bonds is 3. The van der Waals surface area contributed by atoms with E-state index in [1.54, 1.807) is 31.4 Å². The lowest BCUT2D eigenvalue weighted by molar-refractivity contribution is -0.118. The number of carbonyl (C=O) groups is 2. The molecule has 0 aliphatic carbocycles. The Balaban J connectivity index is 1.99. The Bertz CT molecular complexity index is 1320. The first-order valence-electron chi connectivity index (χ1n) is 9.01. The van der Waals surface area contributed by atoms with Gasteiger partial charge in [-0.05, 0) is 35.7 Å². The van der Waals surface area contributed by atoms with Gasteiger partial charge in [0.1, 0.15) is 16.9 Å². The molecular formula is C23H18N2O4. The lowest BCUT2D eigenvalue weighted by Crippen LogP contribution is -2.32. The fourth-order valence-corrected chi connectivity index (χ4v) is 3.12. The van der Waals surface area contributed by atoms with Gasteiger partial charge in [-0.1, -0.05) is 36.4 Å². The number of nitrogens with zero attached hydrogens (tertiary/aromatic N) is 1. The molecule has 0 atom stereocenters. The van der Waals surface area contributed by atoms with Gasteiger partial charge in [-0.3, -0.25) is 14.9 Å². The summed E-state index contributed by atoms with van der Waals surface area (Å²) in [6, 6.07) is 20.5. The van der Waals surface area contributed by atoms with E-state index in [9.17, 15) is 9.59 Å². The van der Waals surface area contributed by atoms with E-state index in [4.69, 9.17) is 9.15 Å². The zero-order valence-electron chi connectivity index (χ0n) is 15.9. The van der Waals surface area contributed by atoms with E-state index in [-0.39, 0.29) is 11.1 Å². The van der Waals surface area contributed by atoms with Gasteiger partial charge in [-0.2, -0.15) is 0 Å². The smallest absolute Gasteiger partial charge is 0.263 e. The maximum absolute atomic E-state index is 12.6. The highest BCUT2D eigenvalue weighted by Gasteiger charge is 2.15. The fraction of sp³-hybridized carbons (Fsp3) is 0.0870. The maximum atomic E-state index is 12.6. The molecule has 0 aliphatic rings. The van der Waals surface area contributed by atoms with Crippen LogP contribution in [0.25, 0.3) is 21.7 Å². The van der Waals surface area contributed by atoms with Gasteiger partial charge in [0.15, 0.2) is 0 Å². The van der Waals surface area contributed by atoms with Crippen molar-refractivity contribution >= 4 is 39.2 Å². The third kappa shape index (κ3) is 3.73. The van der Waals surface area contributed by atoms with Gasteiger partial charge < -0.3 is 9.15 Å². The molecule has 4 aromatic rings. The van der Waals surface area contributed by atoms with Crippen molar-refractivity contribution in [1.82, 2.24) is 5.32 Å². The predicted octanol–water partition coefficient (Wildman–Crippen LogP) is 4.10. The van der Waals surface area contributed by atoms with Crippen LogP contribution >= 0.6 is 0 Å². The molecule has 6 nitrogen and oxygen atoms in total. The van der Waals surface area contributed by atoms with Crippen LogP contribution in [0.5, 0.6) is 5.75 Å². The first kappa shape index (κ1) is 18.4. The minimum Gasteiger partial charge on any atom is -0.497 e. The number of carbonyl (C=O) groups excluding carboxylic acids is 2. The molecule has 0 bridgehead atoms. The summed E-state index contributed by atoms with van der Waals surface area (Å²) in [4.78, 5) is 28.7. The lowest BCUT2D eigenvalue weighted by atomic mass is 10.1. The van der Waals surface area contributed by atoms with Crippen molar-refractivity contribution in [1.29, 1.82) is 0 Å². The van der Waals surface area contributed by atoms with E-state index >= 15 is 0 Å². The third-order valence-corrected chi connectivity index (χ3v) is 4.48. The third-order valence-electron chi connectivity index (χ3n) is 4.48. The summed E-state index contributed by atoms with van der Waals surface area (Å²) in [6.45, 7) is 1.28. The normalized spacial score (nSPS) is 11.6. The Kier molecular flexibility index (Phi) is 4.83. The zero-order chi connectivity index (χ0) is 20.4. The number of nitrogens with one attached hydrogen (secondary N) is 1. The molecule has 1 heterocycles. The largest absolute Gasteiger partial charge is 0.497 e. The van der Waals surface area contributed by atoms with E-state index in [0.717, 1.165) is 10.8 Å². The highest BCUT2D eigenvalue weighted by Crippen LogP contribution is 2.26. The molecule has 0 fully saturated rings. The highest BCUT2D eigenvalue weighted by molar-refractivity contribution is 6.05. The number of hydrogen-bond donors (Lipinski definition) is 1. The Morgan fingerprint density at radius 1 is 0.966 bits per heavy atom. The van der Waals surface area contributed by atoms with Gasteiger partial charge in [0.2, 0.25) is 11.5 Å². The molecule has 4 rings (SSSR count). The molecule has 144 valence electrons. The Labute approximate surface area is 166 Å². The molecule has 0 unspecified atom stereocenters. The van der Waals surface area contributed by atoms with Gasteiger partial charge in [0, 0.05) is 17.7 Å². The van der Waals surface area contributed by atoms with E-state index in [2.05, 4.69) is 10.3 Å². The molecule has 0 aliphatic heterocycles. The molecule has 0 saturated carbocycles. The molecule has 2 amide bonds. The van der Waals surface area contributed by atoms with Crippen LogP contribution < -0.4 is 15.6 Å². The quantitative estimate of drug-likeness (QED) is 0.575. The molecule has 1 N–H and O–H groups in total. The summed E-state index contributed by atoms with van der Waals surface area (Å²) in [5.41, 5.74) is 1.49. The highest BCUT2D eigenvalue weighted by atomic mass is 16.5. The van der Waals surface area contributed by atoms with Crippen molar-refractivity contribution in [2.45, 2.75) is 6.92 Å². The number of fused-ring (bicyclic) bond motifs is 2. The maximum Gasteiger partial charge on any atom is 0.263 e. The van der Waals surface area contributed by atoms with Crippen molar-refractivity contribution in [2.75, 3.05) is 7.11 Å². The van der Waals surface area contributed by atoms with Gasteiger partial charge in [-0.15, -0.1) is 0 Å². The molecule has 29 heavy (non-hydrogen) atoms. The summed E-state index contributed by atoms with van der Waals surface area (Å²) in [7, 11) is 1.56. The molecule has 0 saturated heterocycles. The summed E-state index contributed by atoms with van der Waals surface area (Å²) < 4.78 is 11.2. The molecular weight excluding hydrogens is 368 g/mol. The Hall–Kier alpha value is -3.93. The van der Waals surface area contributed by atoms with Crippen LogP contribution in [0.2, 0.25) is 0 Å². The number of hydrogen-bond acceptors (Lipinski definition) is 5. The summed E-state index contributed by atoms with van der Waals surface area (Å²) in [5, 5.41) is 4.90. The number of imide groups is 1. The van der Waals surface area contributed by atoms with Crippen LogP contribution in [0.4, 0.5) is 5.69 Å². The molecule has 6 heteroatoms. The molecule has 3 aromatic carbocycles. The average molecular weight is 386 g/mol. The van der Waals surface area contributed by atoms with Crippen LogP contribution in [-0.2, 0) is 4.79 Å². The van der Waals surface area contributed by atoms with E-state index in [1.165, 1.54) is 6.92 Å². The number of methoxy groups -OCH3 is 1. The van der Waals surface area contributed by atoms with Gasteiger partial charge >= 0.3 is 0 Å². The van der Waals surface area contributed by atoms with Gasteiger partial charge in [0.05, 0.1) is 12.8 Å². The van der Waals surface area contributed by atoms with Crippen LogP contribution in [-0.4, -0.2) is 18.9 Å². The first-order valence-corrected chi connectivity index (χ1v) is 9.01. The predicted molar refractivity (Wildman–Crippen MR) is 110 cm³/mol. The number of ether oxygens (including phenoxy) is 1. The molecule has 1 aromatic heterocycles. The van der Waals surface area contributed by atoms with Crippen LogP contribution in [0, 0.1) is 0 Å². The zero-order valence-corrected chi connectivity index (χ0v) is 15.9. The summed E-state index contributed by atoms with van der Waals surface area (Å²) in [6.07, 6.45) is 0. The second-order valence-electron chi connectivity index (χ2n) is 6.49. The van der Waals surface area contributed by atoms with Crippen LogP contribution in [0.15, 0.2) is 76.1 Å². The standard InChI is InChI=1S/C23H18N2O4/c1-14(26)24-22(27)19-13-16-12-17(28-2)10-11-21(16)29-23(19)25-20-9-5-7-15-6-3-4-8-18(15)20/h3-13H,1-2H3,(H,24,26,27). The number of benzene rings is 3. The van der Waals surface area contributed by atoms with Crippen molar-refractivity contribution in [3.63, 3.8) is 0 Å². The molecule has 0 spiro atoms. The van der Waals surface area contributed by atoms with Crippen LogP contribution in [0.1, 0.15) is 17.3 Å². The second-order valence-corrected chi connectivity index (χ2v) is 6.49. The van der Waals surface area contributed by atoms with E-state index in [1.807, 2.05) is 42.5 Å². The Morgan fingerprint density at radius 2 is 1.76 bits per heavy atom. The lowest BCUT2D eigenvalue weighted by Gasteiger charge is -2.07. The fourth-order valence-electron chi connectivity index (χ4n) is 3.12. The monoisotopic (exact) mass is 386 g/mol. The minimum atomic E-state index is -0.579. The molecule has 0 radical (unpaired) electrons. The van der Waals surface area contributed by atoms with Crippen molar-refractivity contribution in [2.24, 2.45) is 4.99 Å². The topological polar surface area (TPSA) is 80.9 Å². The number of amides is 2. The van der Waals surface area contributed by atoms with Gasteiger partial charge in [0.25, 0.3) is 5.91 Å². The van der Waals surface area contributed by atoms with E-state index < -0.39 is 11.8 Å². The van der Waals surface area contributed by atoms with Gasteiger partial charge in [-0.25, -0.2) is 4.99 Å². The van der Waals surface area contributed by atoms with Crippen molar-refractivity contribution < 1.29 is 18.7 Å². The minimum absolute atomic E-state index is 0.123. The van der Waals surface area contributed by atoms with Crippen molar-refractivity contribution in [3.05, 3.63) is 77.8 Å². The second kappa shape index (κ2) is 7.59. The van der Waals surface area contributed by atoms with E-state index in [0.29, 0.717) is 22.4 Å².